The van der Waals surface area contributed by atoms with E-state index in [9.17, 15) is 9.59 Å². The molecule has 1 N–H and O–H groups in total. The molecule has 0 bridgehead atoms. The molecular weight excluding hydrogens is 391 g/mol. The number of hydrogen-bond donors (Lipinski definition) is 1. The molecule has 0 unspecified atom stereocenters. The number of ketones is 1. The summed E-state index contributed by atoms with van der Waals surface area (Å²) in [6.07, 6.45) is 6.71. The number of alkyl halides is 2. The summed E-state index contributed by atoms with van der Waals surface area (Å²) in [6, 6.07) is 0. The predicted molar refractivity (Wildman–Crippen MR) is 95.9 cm³/mol. The minimum absolute atomic E-state index is 0.0894. The highest BCUT2D eigenvalue weighted by atomic mass is 79.9. The molecule has 6 heteroatoms. The molecule has 0 aromatic heterocycles. The molecular formula is C16H19BrCl2O3. The normalized spacial score (nSPS) is 16.7. The van der Waals surface area contributed by atoms with Crippen LogP contribution in [-0.2, 0) is 9.59 Å². The molecule has 0 saturated heterocycles. The zero-order valence-electron chi connectivity index (χ0n) is 12.5. The van der Waals surface area contributed by atoms with E-state index in [0.717, 1.165) is 5.57 Å². The molecule has 0 heterocycles. The van der Waals surface area contributed by atoms with Crippen molar-refractivity contribution >= 4 is 50.9 Å². The van der Waals surface area contributed by atoms with Gasteiger partial charge in [-0.2, -0.15) is 0 Å². The second-order valence-corrected chi connectivity index (χ2v) is 6.77. The highest BCUT2D eigenvalue weighted by Crippen LogP contribution is 2.27. The number of allylic oxidation sites excluding steroid dienone is 5. The molecule has 0 fully saturated rings. The number of halogens is 3. The molecule has 0 amide bonds. The minimum atomic E-state index is -1.06. The molecule has 0 saturated carbocycles. The average Bonchev–Trinajstić information content (AvgIpc) is 2.40. The van der Waals surface area contributed by atoms with Crippen LogP contribution < -0.4 is 0 Å². The fraction of sp³-hybridized carbons (Fsp3) is 0.375. The first-order chi connectivity index (χ1) is 10.1. The van der Waals surface area contributed by atoms with E-state index in [2.05, 4.69) is 22.5 Å². The maximum atomic E-state index is 11.7. The van der Waals surface area contributed by atoms with Gasteiger partial charge < -0.3 is 5.11 Å². The lowest BCUT2D eigenvalue weighted by atomic mass is 10.0. The smallest absolute Gasteiger partial charge is 0.307 e. The topological polar surface area (TPSA) is 54.4 Å². The lowest BCUT2D eigenvalue weighted by Gasteiger charge is -2.20. The number of carbonyl (C=O) groups excluding carboxylic acids is 1. The molecule has 0 aliphatic heterocycles. The first-order valence-corrected chi connectivity index (χ1v) is 8.21. The lowest BCUT2D eigenvalue weighted by Crippen LogP contribution is -2.24. The quantitative estimate of drug-likeness (QED) is 0.331. The molecule has 0 aromatic carbocycles. The summed E-state index contributed by atoms with van der Waals surface area (Å²) < 4.78 is 0. The van der Waals surface area contributed by atoms with Crippen molar-refractivity contribution in [2.45, 2.75) is 36.9 Å². The first kappa shape index (κ1) is 21.2. The molecule has 2 atom stereocenters. The minimum Gasteiger partial charge on any atom is -0.481 e. The van der Waals surface area contributed by atoms with Crippen molar-refractivity contribution in [3.63, 3.8) is 0 Å². The summed E-state index contributed by atoms with van der Waals surface area (Å²) in [6.45, 7) is 7.07. The molecule has 0 radical (unpaired) electrons. The number of carboxylic acid groups (broad SMARTS) is 1. The van der Waals surface area contributed by atoms with Crippen LogP contribution in [0.25, 0.3) is 0 Å². The van der Waals surface area contributed by atoms with Crippen LogP contribution in [0.4, 0.5) is 0 Å². The van der Waals surface area contributed by atoms with Crippen LogP contribution in [0, 0.1) is 0 Å². The lowest BCUT2D eigenvalue weighted by molar-refractivity contribution is -0.136. The van der Waals surface area contributed by atoms with E-state index in [-0.39, 0.29) is 24.2 Å². The van der Waals surface area contributed by atoms with Gasteiger partial charge in [-0.1, -0.05) is 52.4 Å². The van der Waals surface area contributed by atoms with Gasteiger partial charge in [0.05, 0.1) is 16.7 Å². The summed E-state index contributed by atoms with van der Waals surface area (Å²) in [5.41, 5.74) is 0.920. The van der Waals surface area contributed by atoms with Gasteiger partial charge in [-0.3, -0.25) is 9.59 Å². The number of aliphatic carboxylic acids is 1. The van der Waals surface area contributed by atoms with Crippen molar-refractivity contribution in [2.24, 2.45) is 0 Å². The van der Waals surface area contributed by atoms with Gasteiger partial charge in [-0.05, 0) is 24.4 Å². The van der Waals surface area contributed by atoms with Crippen LogP contribution in [0.5, 0.6) is 0 Å². The second-order valence-electron chi connectivity index (χ2n) is 4.95. The molecule has 0 spiro atoms. The van der Waals surface area contributed by atoms with E-state index in [0.29, 0.717) is 0 Å². The Hall–Kier alpha value is -0.840. The Balaban J connectivity index is 4.63. The van der Waals surface area contributed by atoms with Gasteiger partial charge in [-0.25, -0.2) is 0 Å². The van der Waals surface area contributed by atoms with Gasteiger partial charge in [0.15, 0.2) is 5.78 Å². The number of hydrogen-bond acceptors (Lipinski definition) is 2. The Bertz CT molecular complexity index is 519. The van der Waals surface area contributed by atoms with Gasteiger partial charge in [0.25, 0.3) is 0 Å². The van der Waals surface area contributed by atoms with Crippen molar-refractivity contribution in [3.8, 4) is 0 Å². The monoisotopic (exact) mass is 408 g/mol. The van der Waals surface area contributed by atoms with Crippen LogP contribution >= 0.6 is 39.1 Å². The van der Waals surface area contributed by atoms with Crippen molar-refractivity contribution in [1.29, 1.82) is 0 Å². The summed E-state index contributed by atoms with van der Waals surface area (Å²) >= 11 is 15.6. The van der Waals surface area contributed by atoms with Gasteiger partial charge in [0, 0.05) is 6.42 Å². The molecule has 0 rings (SSSR count). The van der Waals surface area contributed by atoms with E-state index < -0.39 is 16.2 Å². The molecule has 0 aliphatic carbocycles. The van der Waals surface area contributed by atoms with Crippen molar-refractivity contribution in [1.82, 2.24) is 0 Å². The third-order valence-corrected chi connectivity index (χ3v) is 4.16. The summed E-state index contributed by atoms with van der Waals surface area (Å²) in [4.78, 5) is 23.1. The number of carbonyl (C=O) groups is 2. The van der Waals surface area contributed by atoms with E-state index in [1.807, 2.05) is 6.92 Å². The van der Waals surface area contributed by atoms with E-state index in [1.165, 1.54) is 0 Å². The Morgan fingerprint density at radius 3 is 2.55 bits per heavy atom. The van der Waals surface area contributed by atoms with Crippen LogP contribution in [0.1, 0.15) is 26.7 Å². The van der Waals surface area contributed by atoms with Crippen molar-refractivity contribution < 1.29 is 14.7 Å². The molecule has 122 valence electrons. The van der Waals surface area contributed by atoms with E-state index in [1.54, 1.807) is 36.2 Å². The van der Waals surface area contributed by atoms with Crippen molar-refractivity contribution in [3.05, 3.63) is 47.0 Å². The second kappa shape index (κ2) is 10.0. The zero-order valence-corrected chi connectivity index (χ0v) is 15.6. The van der Waals surface area contributed by atoms with Crippen LogP contribution in [0.2, 0.25) is 0 Å². The number of Topliss-reactive ketones (excluding diaryl/α,β-unsaturated/α-hetero) is 1. The standard InChI is InChI=1S/C16H19BrCl2O3/c1-11(4-6-13(20)12(2)10-15(21)22)5-7-14(18)16(3,19)8-9-17/h4-5,7-9,14H,2,6,10H2,1,3H3,(H,21,22)/b7-5+,9-8+,11-4+/t14-,16+/m1/s1. The molecule has 22 heavy (non-hydrogen) atoms. The third-order valence-electron chi connectivity index (χ3n) is 2.82. The maximum Gasteiger partial charge on any atom is 0.307 e. The van der Waals surface area contributed by atoms with E-state index >= 15 is 0 Å². The SMILES string of the molecule is C=C(CC(=O)O)C(=O)C/C=C(C)/C=C/[C@@H](Cl)[C@@](C)(Cl)/C=C/Br. The predicted octanol–water partition coefficient (Wildman–Crippen LogP) is 4.99. The number of rotatable bonds is 9. The summed E-state index contributed by atoms with van der Waals surface area (Å²) in [5.74, 6) is -1.35. The molecule has 0 aromatic rings. The Morgan fingerprint density at radius 2 is 2.05 bits per heavy atom. The van der Waals surface area contributed by atoms with Crippen LogP contribution in [-0.4, -0.2) is 27.1 Å². The van der Waals surface area contributed by atoms with Crippen LogP contribution in [0.3, 0.4) is 0 Å². The zero-order chi connectivity index (χ0) is 17.3. The van der Waals surface area contributed by atoms with E-state index in [4.69, 9.17) is 28.3 Å². The fourth-order valence-corrected chi connectivity index (χ4v) is 2.37. The third kappa shape index (κ3) is 8.57. The van der Waals surface area contributed by atoms with Gasteiger partial charge >= 0.3 is 5.97 Å². The average molecular weight is 410 g/mol. The summed E-state index contributed by atoms with van der Waals surface area (Å²) in [7, 11) is 0. The Morgan fingerprint density at radius 1 is 1.45 bits per heavy atom. The molecule has 0 aliphatic rings. The molecule has 3 nitrogen and oxygen atoms in total. The Labute approximate surface area is 149 Å². The summed E-state index contributed by atoms with van der Waals surface area (Å²) in [5, 5.41) is 8.17. The maximum absolute atomic E-state index is 11.7. The highest BCUT2D eigenvalue weighted by molar-refractivity contribution is 9.11. The fourth-order valence-electron chi connectivity index (χ4n) is 1.39. The van der Waals surface area contributed by atoms with Crippen LogP contribution in [0.15, 0.2) is 47.0 Å². The Kier molecular flexibility index (Phi) is 9.65. The first-order valence-electron chi connectivity index (χ1n) is 6.48. The van der Waals surface area contributed by atoms with Gasteiger partial charge in [0.1, 0.15) is 0 Å². The largest absolute Gasteiger partial charge is 0.481 e. The van der Waals surface area contributed by atoms with Gasteiger partial charge in [0.2, 0.25) is 0 Å². The van der Waals surface area contributed by atoms with Gasteiger partial charge in [-0.15, -0.1) is 23.2 Å². The number of carboxylic acids is 1. The van der Waals surface area contributed by atoms with Crippen molar-refractivity contribution in [2.75, 3.05) is 0 Å². The highest BCUT2D eigenvalue weighted by Gasteiger charge is 2.25.